The molecule has 0 aliphatic carbocycles. The first-order valence-corrected chi connectivity index (χ1v) is 9.45. The van der Waals surface area contributed by atoms with Crippen molar-refractivity contribution in [2.75, 3.05) is 39.3 Å². The molecule has 0 unspecified atom stereocenters. The minimum absolute atomic E-state index is 0.147. The lowest BCUT2D eigenvalue weighted by atomic mass is 10.3. The SMILES string of the molecule is COCCOc1cc(NS(=O)(=O)c2ccc([N+](=O)[O-])cc2OC)ccc1OC. The van der Waals surface area contributed by atoms with Crippen LogP contribution in [0.5, 0.6) is 17.2 Å². The predicted molar refractivity (Wildman–Crippen MR) is 101 cm³/mol. The summed E-state index contributed by atoms with van der Waals surface area (Å²) >= 11 is 0. The smallest absolute Gasteiger partial charge is 0.273 e. The lowest BCUT2D eigenvalue weighted by Gasteiger charge is -2.14. The van der Waals surface area contributed by atoms with Gasteiger partial charge in [0.1, 0.15) is 17.3 Å². The number of ether oxygens (including phenoxy) is 4. The molecular formula is C17H20N2O8S. The summed E-state index contributed by atoms with van der Waals surface area (Å²) in [6.07, 6.45) is 0. The van der Waals surface area contributed by atoms with E-state index in [2.05, 4.69) is 4.72 Å². The van der Waals surface area contributed by atoms with Crippen molar-refractivity contribution in [1.29, 1.82) is 0 Å². The Morgan fingerprint density at radius 3 is 2.29 bits per heavy atom. The molecule has 0 aromatic heterocycles. The summed E-state index contributed by atoms with van der Waals surface area (Å²) in [5.74, 6) is 0.606. The van der Waals surface area contributed by atoms with Gasteiger partial charge in [-0.2, -0.15) is 0 Å². The number of anilines is 1. The number of sulfonamides is 1. The molecule has 28 heavy (non-hydrogen) atoms. The zero-order chi connectivity index (χ0) is 20.7. The van der Waals surface area contributed by atoms with Crippen molar-refractivity contribution >= 4 is 21.4 Å². The van der Waals surface area contributed by atoms with E-state index in [1.54, 1.807) is 6.07 Å². The lowest BCUT2D eigenvalue weighted by Crippen LogP contribution is -2.14. The molecule has 0 heterocycles. The molecule has 0 fully saturated rings. The normalized spacial score (nSPS) is 11.0. The van der Waals surface area contributed by atoms with E-state index in [0.717, 1.165) is 18.2 Å². The number of methoxy groups -OCH3 is 3. The number of hydrogen-bond acceptors (Lipinski definition) is 8. The molecule has 1 N–H and O–H groups in total. The first-order valence-electron chi connectivity index (χ1n) is 7.97. The molecule has 2 rings (SSSR count). The van der Waals surface area contributed by atoms with Crippen LogP contribution >= 0.6 is 0 Å². The Balaban J connectivity index is 2.33. The van der Waals surface area contributed by atoms with Crippen LogP contribution in [0.2, 0.25) is 0 Å². The Labute approximate surface area is 162 Å². The van der Waals surface area contributed by atoms with Gasteiger partial charge in [0.2, 0.25) is 0 Å². The van der Waals surface area contributed by atoms with Gasteiger partial charge in [-0.05, 0) is 18.2 Å². The first kappa shape index (κ1) is 21.3. The van der Waals surface area contributed by atoms with Crippen LogP contribution in [-0.4, -0.2) is 47.9 Å². The summed E-state index contributed by atoms with van der Waals surface area (Å²) < 4.78 is 48.5. The maximum atomic E-state index is 12.7. The van der Waals surface area contributed by atoms with Crippen molar-refractivity contribution in [1.82, 2.24) is 0 Å². The zero-order valence-corrected chi connectivity index (χ0v) is 16.3. The number of benzene rings is 2. The number of non-ortho nitro benzene ring substituents is 1. The van der Waals surface area contributed by atoms with Crippen molar-refractivity contribution in [2.24, 2.45) is 0 Å². The van der Waals surface area contributed by atoms with E-state index in [1.807, 2.05) is 0 Å². The monoisotopic (exact) mass is 412 g/mol. The van der Waals surface area contributed by atoms with Crippen molar-refractivity contribution in [3.05, 3.63) is 46.5 Å². The minimum atomic E-state index is -4.08. The van der Waals surface area contributed by atoms with Gasteiger partial charge >= 0.3 is 0 Å². The molecule has 0 atom stereocenters. The number of hydrogen-bond donors (Lipinski definition) is 1. The standard InChI is InChI=1S/C17H20N2O8S/c1-24-8-9-27-15-10-12(4-6-14(15)25-2)18-28(22,23)17-7-5-13(19(20)21)11-16(17)26-3/h4-7,10-11,18H,8-9H2,1-3H3. The van der Waals surface area contributed by atoms with Crippen molar-refractivity contribution in [3.8, 4) is 17.2 Å². The molecular weight excluding hydrogens is 392 g/mol. The summed E-state index contributed by atoms with van der Waals surface area (Å²) in [4.78, 5) is 10.0. The Bertz CT molecular complexity index is 946. The van der Waals surface area contributed by atoms with E-state index in [1.165, 1.54) is 33.5 Å². The lowest BCUT2D eigenvalue weighted by molar-refractivity contribution is -0.385. The topological polar surface area (TPSA) is 126 Å². The van der Waals surface area contributed by atoms with E-state index < -0.39 is 14.9 Å². The van der Waals surface area contributed by atoms with Crippen molar-refractivity contribution < 1.29 is 32.3 Å². The molecule has 0 radical (unpaired) electrons. The van der Waals surface area contributed by atoms with E-state index in [0.29, 0.717) is 18.1 Å². The largest absolute Gasteiger partial charge is 0.495 e. The molecule has 152 valence electrons. The number of nitro benzene ring substituents is 1. The van der Waals surface area contributed by atoms with Crippen LogP contribution in [0.3, 0.4) is 0 Å². The Morgan fingerprint density at radius 1 is 0.964 bits per heavy atom. The third-order valence-electron chi connectivity index (χ3n) is 3.61. The van der Waals surface area contributed by atoms with Crippen molar-refractivity contribution in [3.63, 3.8) is 0 Å². The van der Waals surface area contributed by atoms with Crippen LogP contribution in [0.25, 0.3) is 0 Å². The second kappa shape index (κ2) is 9.24. The highest BCUT2D eigenvalue weighted by atomic mass is 32.2. The molecule has 0 spiro atoms. The Kier molecular flexibility index (Phi) is 7.01. The highest BCUT2D eigenvalue weighted by molar-refractivity contribution is 7.92. The summed E-state index contributed by atoms with van der Waals surface area (Å²) in [5, 5.41) is 10.9. The molecule has 0 saturated carbocycles. The molecule has 11 heteroatoms. The summed E-state index contributed by atoms with van der Waals surface area (Å²) in [6, 6.07) is 7.75. The van der Waals surface area contributed by atoms with Gasteiger partial charge in [0.15, 0.2) is 11.5 Å². The average Bonchev–Trinajstić information content (AvgIpc) is 2.67. The van der Waals surface area contributed by atoms with Crippen LogP contribution in [-0.2, 0) is 14.8 Å². The molecule has 0 aliphatic rings. The Morgan fingerprint density at radius 2 is 1.68 bits per heavy atom. The molecule has 0 amide bonds. The van der Waals surface area contributed by atoms with Crippen LogP contribution in [0.15, 0.2) is 41.3 Å². The second-order valence-electron chi connectivity index (χ2n) is 5.40. The van der Waals surface area contributed by atoms with Gasteiger partial charge in [-0.1, -0.05) is 0 Å². The highest BCUT2D eigenvalue weighted by Crippen LogP contribution is 2.33. The second-order valence-corrected chi connectivity index (χ2v) is 7.06. The summed E-state index contributed by atoms with van der Waals surface area (Å²) in [7, 11) is 0.144. The third kappa shape index (κ3) is 5.02. The number of nitrogens with zero attached hydrogens (tertiary/aromatic N) is 1. The molecule has 2 aromatic rings. The predicted octanol–water partition coefficient (Wildman–Crippen LogP) is 2.44. The Hall–Kier alpha value is -3.05. The summed E-state index contributed by atoms with van der Waals surface area (Å²) in [5.41, 5.74) is -0.0669. The van der Waals surface area contributed by atoms with Crippen LogP contribution in [0.1, 0.15) is 0 Å². The van der Waals surface area contributed by atoms with Gasteiger partial charge in [-0.25, -0.2) is 8.42 Å². The van der Waals surface area contributed by atoms with Crippen molar-refractivity contribution in [2.45, 2.75) is 4.90 Å². The quantitative estimate of drug-likeness (QED) is 0.358. The van der Waals surface area contributed by atoms with Gasteiger partial charge in [-0.15, -0.1) is 0 Å². The van der Waals surface area contributed by atoms with Gasteiger partial charge in [0.05, 0.1) is 37.5 Å². The van der Waals surface area contributed by atoms with Gasteiger partial charge < -0.3 is 18.9 Å². The fourth-order valence-electron chi connectivity index (χ4n) is 2.29. The molecule has 2 aromatic carbocycles. The number of nitro groups is 1. The van der Waals surface area contributed by atoms with Crippen LogP contribution < -0.4 is 18.9 Å². The molecule has 10 nitrogen and oxygen atoms in total. The maximum Gasteiger partial charge on any atom is 0.273 e. The zero-order valence-electron chi connectivity index (χ0n) is 15.5. The fraction of sp³-hybridized carbons (Fsp3) is 0.294. The van der Waals surface area contributed by atoms with Gasteiger partial charge in [0, 0.05) is 19.2 Å². The highest BCUT2D eigenvalue weighted by Gasteiger charge is 2.23. The molecule has 0 aliphatic heterocycles. The van der Waals surface area contributed by atoms with Crippen LogP contribution in [0, 0.1) is 10.1 Å². The summed E-state index contributed by atoms with van der Waals surface area (Å²) in [6.45, 7) is 0.596. The van der Waals surface area contributed by atoms with Crippen LogP contribution in [0.4, 0.5) is 11.4 Å². The number of nitrogens with one attached hydrogen (secondary N) is 1. The molecule has 0 bridgehead atoms. The van der Waals surface area contributed by atoms with E-state index in [-0.39, 0.29) is 28.6 Å². The maximum absolute atomic E-state index is 12.7. The third-order valence-corrected chi connectivity index (χ3v) is 5.03. The van der Waals surface area contributed by atoms with E-state index >= 15 is 0 Å². The average molecular weight is 412 g/mol. The van der Waals surface area contributed by atoms with E-state index in [4.69, 9.17) is 18.9 Å². The van der Waals surface area contributed by atoms with Gasteiger partial charge in [0.25, 0.3) is 15.7 Å². The van der Waals surface area contributed by atoms with E-state index in [9.17, 15) is 18.5 Å². The minimum Gasteiger partial charge on any atom is -0.495 e. The first-order chi connectivity index (χ1) is 13.3. The van der Waals surface area contributed by atoms with Gasteiger partial charge in [-0.3, -0.25) is 14.8 Å². The molecule has 0 saturated heterocycles. The number of rotatable bonds is 10. The fourth-order valence-corrected chi connectivity index (χ4v) is 3.49.